The molecule has 1 heterocycles. The number of carbonyl (C=O) groups excluding carboxylic acids is 1. The zero-order valence-electron chi connectivity index (χ0n) is 11.1. The summed E-state index contributed by atoms with van der Waals surface area (Å²) in [4.78, 5) is 11.7. The summed E-state index contributed by atoms with van der Waals surface area (Å²) in [5, 5.41) is 0. The molecular formula is C12H22O6. The summed E-state index contributed by atoms with van der Waals surface area (Å²) >= 11 is 0. The molecule has 0 aliphatic carbocycles. The fraction of sp³-hybridized carbons (Fsp3) is 0.917. The van der Waals surface area contributed by atoms with Crippen LogP contribution in [0.5, 0.6) is 0 Å². The summed E-state index contributed by atoms with van der Waals surface area (Å²) < 4.78 is 25.7. The number of carbonyl (C=O) groups is 1. The van der Waals surface area contributed by atoms with Crippen molar-refractivity contribution < 1.29 is 28.5 Å². The van der Waals surface area contributed by atoms with Gasteiger partial charge >= 0.3 is 5.97 Å². The van der Waals surface area contributed by atoms with E-state index in [0.717, 1.165) is 19.3 Å². The Hall–Kier alpha value is -0.690. The van der Waals surface area contributed by atoms with Gasteiger partial charge in [0, 0.05) is 20.1 Å². The van der Waals surface area contributed by atoms with E-state index < -0.39 is 18.5 Å². The summed E-state index contributed by atoms with van der Waals surface area (Å²) in [6.45, 7) is 3.83. The van der Waals surface area contributed by atoms with Crippen LogP contribution in [-0.2, 0) is 28.5 Å². The molecule has 0 aromatic heterocycles. The molecular weight excluding hydrogens is 240 g/mol. The monoisotopic (exact) mass is 262 g/mol. The molecule has 1 saturated heterocycles. The summed E-state index contributed by atoms with van der Waals surface area (Å²) in [7, 11) is 1.40. The Morgan fingerprint density at radius 2 is 2.22 bits per heavy atom. The number of ether oxygens (including phenoxy) is 5. The molecule has 1 aliphatic rings. The van der Waals surface area contributed by atoms with E-state index in [2.05, 4.69) is 0 Å². The van der Waals surface area contributed by atoms with Gasteiger partial charge in [0.2, 0.25) is 6.29 Å². The zero-order valence-corrected chi connectivity index (χ0v) is 11.1. The van der Waals surface area contributed by atoms with Crippen LogP contribution >= 0.6 is 0 Å². The Balaban J connectivity index is 2.22. The van der Waals surface area contributed by atoms with E-state index in [-0.39, 0.29) is 6.61 Å². The Bertz CT molecular complexity index is 227. The van der Waals surface area contributed by atoms with E-state index in [1.165, 1.54) is 7.11 Å². The van der Waals surface area contributed by atoms with Crippen LogP contribution in [0.15, 0.2) is 0 Å². The second kappa shape index (κ2) is 9.27. The maximum Gasteiger partial charge on any atom is 0.365 e. The number of methoxy groups -OCH3 is 1. The third-order valence-corrected chi connectivity index (χ3v) is 2.49. The lowest BCUT2D eigenvalue weighted by Gasteiger charge is -2.24. The van der Waals surface area contributed by atoms with Crippen molar-refractivity contribution in [3.8, 4) is 0 Å². The van der Waals surface area contributed by atoms with Crippen molar-refractivity contribution in [2.24, 2.45) is 0 Å². The third kappa shape index (κ3) is 5.77. The number of rotatable bonds is 8. The molecule has 1 rings (SSSR count). The highest BCUT2D eigenvalue weighted by Crippen LogP contribution is 2.14. The van der Waals surface area contributed by atoms with E-state index in [1.807, 2.05) is 6.92 Å². The molecule has 0 bridgehead atoms. The van der Waals surface area contributed by atoms with Crippen LogP contribution in [0.4, 0.5) is 0 Å². The lowest BCUT2D eigenvalue weighted by molar-refractivity contribution is -0.221. The average Bonchev–Trinajstić information content (AvgIpc) is 2.40. The van der Waals surface area contributed by atoms with Crippen molar-refractivity contribution in [2.75, 3.05) is 33.5 Å². The minimum Gasteiger partial charge on any atom is -0.432 e. The number of hydrogen-bond donors (Lipinski definition) is 0. The molecule has 6 nitrogen and oxygen atoms in total. The molecule has 106 valence electrons. The second-order valence-electron chi connectivity index (χ2n) is 3.87. The van der Waals surface area contributed by atoms with Gasteiger partial charge in [-0.15, -0.1) is 0 Å². The fourth-order valence-electron chi connectivity index (χ4n) is 1.58. The van der Waals surface area contributed by atoms with Gasteiger partial charge in [-0.25, -0.2) is 4.79 Å². The lowest BCUT2D eigenvalue weighted by Crippen LogP contribution is -2.34. The first-order chi connectivity index (χ1) is 8.77. The lowest BCUT2D eigenvalue weighted by atomic mass is 10.2. The molecule has 0 amide bonds. The van der Waals surface area contributed by atoms with E-state index in [4.69, 9.17) is 23.7 Å². The maximum absolute atomic E-state index is 11.7. The van der Waals surface area contributed by atoms with Crippen molar-refractivity contribution in [3.05, 3.63) is 0 Å². The molecule has 1 aliphatic heterocycles. The molecule has 0 aromatic rings. The summed E-state index contributed by atoms with van der Waals surface area (Å²) in [5.74, 6) is -0.555. The van der Waals surface area contributed by atoms with Gasteiger partial charge in [-0.05, 0) is 19.8 Å². The third-order valence-electron chi connectivity index (χ3n) is 2.49. The van der Waals surface area contributed by atoms with Crippen molar-refractivity contribution in [2.45, 2.75) is 38.8 Å². The summed E-state index contributed by atoms with van der Waals surface area (Å²) in [5.41, 5.74) is 0. The maximum atomic E-state index is 11.7. The fourth-order valence-corrected chi connectivity index (χ4v) is 1.58. The first kappa shape index (κ1) is 15.4. The molecule has 18 heavy (non-hydrogen) atoms. The van der Waals surface area contributed by atoms with E-state index in [1.54, 1.807) is 0 Å². The molecule has 0 saturated carbocycles. The molecule has 6 heteroatoms. The quantitative estimate of drug-likeness (QED) is 0.370. The highest BCUT2D eigenvalue weighted by Gasteiger charge is 2.25. The summed E-state index contributed by atoms with van der Waals surface area (Å²) in [6, 6.07) is 0. The van der Waals surface area contributed by atoms with E-state index in [9.17, 15) is 4.79 Å². The van der Waals surface area contributed by atoms with E-state index in [0.29, 0.717) is 19.8 Å². The van der Waals surface area contributed by atoms with Gasteiger partial charge in [-0.3, -0.25) is 0 Å². The first-order valence-electron chi connectivity index (χ1n) is 6.32. The van der Waals surface area contributed by atoms with Crippen molar-refractivity contribution >= 4 is 5.97 Å². The molecule has 0 spiro atoms. The Labute approximate surface area is 107 Å². The van der Waals surface area contributed by atoms with E-state index >= 15 is 0 Å². The van der Waals surface area contributed by atoms with Gasteiger partial charge in [-0.1, -0.05) is 0 Å². The Morgan fingerprint density at radius 3 is 2.83 bits per heavy atom. The molecule has 1 fully saturated rings. The SMILES string of the molecule is CCOCCOC(OC)C(=O)OC1CCCCO1. The van der Waals surface area contributed by atoms with Crippen molar-refractivity contribution in [1.82, 2.24) is 0 Å². The Kier molecular flexibility index (Phi) is 7.91. The Morgan fingerprint density at radius 1 is 1.39 bits per heavy atom. The van der Waals surface area contributed by atoms with Gasteiger partial charge in [0.1, 0.15) is 0 Å². The van der Waals surface area contributed by atoms with Crippen LogP contribution in [-0.4, -0.2) is 52.1 Å². The van der Waals surface area contributed by atoms with Gasteiger partial charge in [0.25, 0.3) is 6.29 Å². The van der Waals surface area contributed by atoms with Gasteiger partial charge in [0.05, 0.1) is 19.8 Å². The van der Waals surface area contributed by atoms with Crippen molar-refractivity contribution in [1.29, 1.82) is 0 Å². The highest BCUT2D eigenvalue weighted by molar-refractivity contribution is 5.73. The molecule has 2 unspecified atom stereocenters. The molecule has 2 atom stereocenters. The molecule has 0 radical (unpaired) electrons. The molecule has 0 aromatic carbocycles. The van der Waals surface area contributed by atoms with Crippen LogP contribution < -0.4 is 0 Å². The normalized spacial score (nSPS) is 21.6. The van der Waals surface area contributed by atoms with Crippen LogP contribution in [0, 0.1) is 0 Å². The first-order valence-corrected chi connectivity index (χ1v) is 6.32. The number of hydrogen-bond acceptors (Lipinski definition) is 6. The van der Waals surface area contributed by atoms with Crippen molar-refractivity contribution in [3.63, 3.8) is 0 Å². The predicted octanol–water partition coefficient (Wildman–Crippen LogP) is 1.08. The van der Waals surface area contributed by atoms with Crippen LogP contribution in [0.1, 0.15) is 26.2 Å². The predicted molar refractivity (Wildman–Crippen MR) is 62.9 cm³/mol. The number of esters is 1. The average molecular weight is 262 g/mol. The molecule has 0 N–H and O–H groups in total. The van der Waals surface area contributed by atoms with Crippen LogP contribution in [0.25, 0.3) is 0 Å². The second-order valence-corrected chi connectivity index (χ2v) is 3.87. The minimum absolute atomic E-state index is 0.285. The smallest absolute Gasteiger partial charge is 0.365 e. The highest BCUT2D eigenvalue weighted by atomic mass is 16.7. The topological polar surface area (TPSA) is 63.2 Å². The largest absolute Gasteiger partial charge is 0.432 e. The standard InChI is InChI=1S/C12H22O6/c1-3-15-8-9-17-12(14-2)11(13)18-10-6-4-5-7-16-10/h10,12H,3-9H2,1-2H3. The zero-order chi connectivity index (χ0) is 13.2. The van der Waals surface area contributed by atoms with Gasteiger partial charge in [-0.2, -0.15) is 0 Å². The minimum atomic E-state index is -1.02. The summed E-state index contributed by atoms with van der Waals surface area (Å²) in [6.07, 6.45) is 1.24. The van der Waals surface area contributed by atoms with Gasteiger partial charge < -0.3 is 23.7 Å². The van der Waals surface area contributed by atoms with Crippen LogP contribution in [0.2, 0.25) is 0 Å². The van der Waals surface area contributed by atoms with Crippen LogP contribution in [0.3, 0.4) is 0 Å². The van der Waals surface area contributed by atoms with Gasteiger partial charge in [0.15, 0.2) is 0 Å².